The molecule has 0 bridgehead atoms. The van der Waals surface area contributed by atoms with E-state index in [1.54, 1.807) is 6.08 Å². The number of aliphatic hydroxyl groups is 1. The highest BCUT2D eigenvalue weighted by Gasteiger charge is 1.86. The molecule has 0 amide bonds. The first kappa shape index (κ1) is 8.54. The Morgan fingerprint density at radius 1 is 1.36 bits per heavy atom. The van der Waals surface area contributed by atoms with E-state index in [-0.39, 0.29) is 0 Å². The lowest BCUT2D eigenvalue weighted by Gasteiger charge is -1.96. The van der Waals surface area contributed by atoms with Gasteiger partial charge in [0.2, 0.25) is 0 Å². The zero-order valence-corrected chi connectivity index (χ0v) is 7.59. The average molecular weight is 155 g/mol. The van der Waals surface area contributed by atoms with Crippen molar-refractivity contribution in [3.05, 3.63) is 23.3 Å². The molecule has 0 aromatic carbocycles. The second-order valence-corrected chi connectivity index (χ2v) is 2.98. The van der Waals surface area contributed by atoms with Gasteiger partial charge in [0, 0.05) is 0 Å². The average Bonchev–Trinajstić information content (AvgIpc) is 1.84. The Bertz CT molecular complexity index is 176. The third kappa shape index (κ3) is 7.34. The van der Waals surface area contributed by atoms with Crippen molar-refractivity contribution < 1.29 is 6.48 Å². The largest absolute Gasteiger partial charge is 0.392 e. The van der Waals surface area contributed by atoms with Gasteiger partial charge >= 0.3 is 0 Å². The van der Waals surface area contributed by atoms with Gasteiger partial charge in [-0.2, -0.15) is 0 Å². The number of allylic oxidation sites excluding steroid dienone is 3. The molecule has 0 saturated heterocycles. The maximum Gasteiger partial charge on any atom is 0.0614 e. The number of hydrogen-bond donors (Lipinski definition) is 1. The highest BCUT2D eigenvalue weighted by molar-refractivity contribution is 5.01. The van der Waals surface area contributed by atoms with Crippen molar-refractivity contribution in [2.24, 2.45) is 0 Å². The number of aliphatic hydroxyl groups excluding tert-OH is 1. The summed E-state index contributed by atoms with van der Waals surface area (Å²) < 4.78 is 6.89. The first-order chi connectivity index (χ1) is 5.52. The molecule has 1 N–H and O–H groups in total. The molecule has 0 aliphatic carbocycles. The van der Waals surface area contributed by atoms with Crippen molar-refractivity contribution in [3.63, 3.8) is 0 Å². The molecule has 0 aliphatic rings. The van der Waals surface area contributed by atoms with Gasteiger partial charge in [0.15, 0.2) is 0 Å². The van der Waals surface area contributed by atoms with Gasteiger partial charge in [0.1, 0.15) is 0 Å². The molecule has 1 nitrogen and oxygen atoms in total. The molecule has 0 radical (unpaired) electrons. The monoisotopic (exact) mass is 155 g/mol. The lowest BCUT2D eigenvalue weighted by molar-refractivity contribution is 0.341. The van der Waals surface area contributed by atoms with Crippen LogP contribution >= 0.6 is 0 Å². The minimum atomic E-state index is -1.06. The lowest BCUT2D eigenvalue weighted by Crippen LogP contribution is -1.80. The second-order valence-electron chi connectivity index (χ2n) is 2.98. The van der Waals surface area contributed by atoms with Crippen LogP contribution in [-0.2, 0) is 0 Å². The summed E-state index contributed by atoms with van der Waals surface area (Å²) in [5.41, 5.74) is 2.39. The third-order valence-corrected chi connectivity index (χ3v) is 1.45. The van der Waals surface area contributed by atoms with Gasteiger partial charge in [0.05, 0.1) is 7.95 Å². The maximum absolute atomic E-state index is 8.71. The molecule has 0 aromatic rings. The van der Waals surface area contributed by atoms with Crippen molar-refractivity contribution in [2.75, 3.05) is 6.58 Å². The van der Waals surface area contributed by atoms with E-state index < -0.39 is 6.58 Å². The SMILES string of the molecule is [2H]C(O)/C=C(\C)CCC=C(C)C. The van der Waals surface area contributed by atoms with Crippen LogP contribution in [0.4, 0.5) is 0 Å². The first-order valence-electron chi connectivity index (χ1n) is 4.51. The van der Waals surface area contributed by atoms with Crippen LogP contribution < -0.4 is 0 Å². The summed E-state index contributed by atoms with van der Waals surface area (Å²) in [6, 6.07) is 0. The van der Waals surface area contributed by atoms with Gasteiger partial charge in [-0.15, -0.1) is 0 Å². The second kappa shape index (κ2) is 6.17. The minimum Gasteiger partial charge on any atom is -0.392 e. The Labute approximate surface area is 70.8 Å². The predicted octanol–water partition coefficient (Wildman–Crippen LogP) is 2.67. The summed E-state index contributed by atoms with van der Waals surface area (Å²) in [6.45, 7) is 5.02. The molecule has 0 aliphatic heterocycles. The van der Waals surface area contributed by atoms with Gasteiger partial charge in [-0.05, 0) is 33.6 Å². The Morgan fingerprint density at radius 2 is 2.00 bits per heavy atom. The fourth-order valence-corrected chi connectivity index (χ4v) is 0.799. The summed E-state index contributed by atoms with van der Waals surface area (Å²) in [6.07, 6.45) is 5.66. The van der Waals surface area contributed by atoms with Gasteiger partial charge in [-0.1, -0.05) is 23.3 Å². The molecule has 1 heteroatoms. The quantitative estimate of drug-likeness (QED) is 0.619. The maximum atomic E-state index is 8.71. The number of rotatable bonds is 4. The van der Waals surface area contributed by atoms with Crippen molar-refractivity contribution in [1.82, 2.24) is 0 Å². The standard InChI is InChI=1S/C10H18O/c1-9(2)5-4-6-10(3)7-8-11/h5,7,11H,4,6,8H2,1-3H3/b10-7+/i8D. The normalized spacial score (nSPS) is 15.6. The van der Waals surface area contributed by atoms with E-state index in [0.717, 1.165) is 18.4 Å². The Kier molecular flexibility index (Phi) is 4.79. The smallest absolute Gasteiger partial charge is 0.0614 e. The molecule has 1 atom stereocenters. The minimum absolute atomic E-state index is 0.932. The zero-order chi connectivity index (χ0) is 9.56. The fraction of sp³-hybridized carbons (Fsp3) is 0.600. The van der Waals surface area contributed by atoms with Crippen LogP contribution in [0.2, 0.25) is 0 Å². The molecule has 64 valence electrons. The van der Waals surface area contributed by atoms with Gasteiger partial charge in [0.25, 0.3) is 0 Å². The molecular formula is C10H18O. The molecule has 11 heavy (non-hydrogen) atoms. The molecule has 0 saturated carbocycles. The van der Waals surface area contributed by atoms with Crippen LogP contribution in [0, 0.1) is 0 Å². The molecule has 0 heterocycles. The van der Waals surface area contributed by atoms with Gasteiger partial charge in [-0.3, -0.25) is 0 Å². The van der Waals surface area contributed by atoms with Crippen LogP contribution in [0.5, 0.6) is 0 Å². The van der Waals surface area contributed by atoms with E-state index >= 15 is 0 Å². The molecule has 0 spiro atoms. The summed E-state index contributed by atoms with van der Waals surface area (Å²) in [5, 5.41) is 8.71. The summed E-state index contributed by atoms with van der Waals surface area (Å²) in [7, 11) is 0. The topological polar surface area (TPSA) is 20.2 Å². The molecule has 0 aromatic heterocycles. The van der Waals surface area contributed by atoms with E-state index in [1.165, 1.54) is 5.57 Å². The van der Waals surface area contributed by atoms with Crippen LogP contribution in [0.3, 0.4) is 0 Å². The molecular weight excluding hydrogens is 136 g/mol. The predicted molar refractivity (Wildman–Crippen MR) is 49.5 cm³/mol. The van der Waals surface area contributed by atoms with Crippen molar-refractivity contribution in [1.29, 1.82) is 0 Å². The third-order valence-electron chi connectivity index (χ3n) is 1.45. The van der Waals surface area contributed by atoms with Gasteiger partial charge in [-0.25, -0.2) is 0 Å². The Hall–Kier alpha value is -0.560. The van der Waals surface area contributed by atoms with Crippen LogP contribution in [0.25, 0.3) is 0 Å². The van der Waals surface area contributed by atoms with Crippen molar-refractivity contribution in [2.45, 2.75) is 33.6 Å². The van der Waals surface area contributed by atoms with Crippen LogP contribution in [-0.4, -0.2) is 11.7 Å². The lowest BCUT2D eigenvalue weighted by atomic mass is 10.1. The van der Waals surface area contributed by atoms with E-state index in [2.05, 4.69) is 19.9 Å². The van der Waals surface area contributed by atoms with Crippen molar-refractivity contribution >= 4 is 0 Å². The highest BCUT2D eigenvalue weighted by atomic mass is 16.2. The summed E-state index contributed by atoms with van der Waals surface area (Å²) in [4.78, 5) is 0. The van der Waals surface area contributed by atoms with E-state index in [9.17, 15) is 0 Å². The van der Waals surface area contributed by atoms with Crippen LogP contribution in [0.1, 0.15) is 35.0 Å². The van der Waals surface area contributed by atoms with Crippen LogP contribution in [0.15, 0.2) is 23.3 Å². The van der Waals surface area contributed by atoms with Gasteiger partial charge < -0.3 is 5.11 Å². The Balaban J connectivity index is 3.71. The molecule has 0 rings (SSSR count). The zero-order valence-electron chi connectivity index (χ0n) is 8.59. The van der Waals surface area contributed by atoms with E-state index in [1.807, 2.05) is 6.92 Å². The Morgan fingerprint density at radius 3 is 2.45 bits per heavy atom. The van der Waals surface area contributed by atoms with E-state index in [4.69, 9.17) is 6.48 Å². The summed E-state index contributed by atoms with van der Waals surface area (Å²) in [5.74, 6) is 0. The fourth-order valence-electron chi connectivity index (χ4n) is 0.799. The molecule has 1 unspecified atom stereocenters. The first-order valence-corrected chi connectivity index (χ1v) is 3.93. The summed E-state index contributed by atoms with van der Waals surface area (Å²) >= 11 is 0. The van der Waals surface area contributed by atoms with E-state index in [0.29, 0.717) is 0 Å². The van der Waals surface area contributed by atoms with Crippen molar-refractivity contribution in [3.8, 4) is 0 Å². The highest BCUT2D eigenvalue weighted by Crippen LogP contribution is 2.05. The molecule has 0 fully saturated rings. The number of hydrogen-bond acceptors (Lipinski definition) is 1.